The standard InChI is InChI=1S/C13H12BrClOS2/c14-8-6-11(18-13(8)15)12(16)10-5-7-3-1-2-4-9(7)17-10/h5-6,12,16H,1-4H2. The zero-order chi connectivity index (χ0) is 12.7. The lowest BCUT2D eigenvalue weighted by Gasteiger charge is -2.08. The Morgan fingerprint density at radius 2 is 1.89 bits per heavy atom. The zero-order valence-corrected chi connectivity index (χ0v) is 13.6. The molecule has 96 valence electrons. The third-order valence-electron chi connectivity index (χ3n) is 3.22. The summed E-state index contributed by atoms with van der Waals surface area (Å²) in [6.45, 7) is 0. The average Bonchev–Trinajstić information content (AvgIpc) is 2.93. The van der Waals surface area contributed by atoms with Gasteiger partial charge in [0.1, 0.15) is 10.4 Å². The van der Waals surface area contributed by atoms with Gasteiger partial charge in [0.2, 0.25) is 0 Å². The third-order valence-corrected chi connectivity index (χ3v) is 7.04. The highest BCUT2D eigenvalue weighted by Gasteiger charge is 2.20. The first-order valence-corrected chi connectivity index (χ1v) is 8.70. The van der Waals surface area contributed by atoms with E-state index in [1.54, 1.807) is 11.3 Å². The predicted molar refractivity (Wildman–Crippen MR) is 82.1 cm³/mol. The highest BCUT2D eigenvalue weighted by molar-refractivity contribution is 9.10. The van der Waals surface area contributed by atoms with Crippen LogP contribution in [0.1, 0.15) is 39.1 Å². The lowest BCUT2D eigenvalue weighted by Crippen LogP contribution is -1.96. The van der Waals surface area contributed by atoms with Crippen molar-refractivity contribution in [3.63, 3.8) is 0 Å². The van der Waals surface area contributed by atoms with E-state index in [0.29, 0.717) is 4.34 Å². The molecule has 1 aliphatic carbocycles. The fourth-order valence-electron chi connectivity index (χ4n) is 2.29. The van der Waals surface area contributed by atoms with E-state index in [1.165, 1.54) is 41.0 Å². The van der Waals surface area contributed by atoms with Crippen molar-refractivity contribution < 1.29 is 5.11 Å². The zero-order valence-electron chi connectivity index (χ0n) is 9.58. The van der Waals surface area contributed by atoms with Crippen LogP contribution < -0.4 is 0 Å². The summed E-state index contributed by atoms with van der Waals surface area (Å²) in [4.78, 5) is 3.41. The number of hydrogen-bond donors (Lipinski definition) is 1. The highest BCUT2D eigenvalue weighted by atomic mass is 79.9. The Hall–Kier alpha value is 0.130. The second kappa shape index (κ2) is 5.25. The maximum atomic E-state index is 10.4. The maximum absolute atomic E-state index is 10.4. The first kappa shape index (κ1) is 13.1. The van der Waals surface area contributed by atoms with Crippen molar-refractivity contribution in [3.05, 3.63) is 41.1 Å². The van der Waals surface area contributed by atoms with Gasteiger partial charge >= 0.3 is 0 Å². The van der Waals surface area contributed by atoms with Gasteiger partial charge in [-0.25, -0.2) is 0 Å². The average molecular weight is 364 g/mol. The van der Waals surface area contributed by atoms with Crippen molar-refractivity contribution in [3.8, 4) is 0 Å². The van der Waals surface area contributed by atoms with Gasteiger partial charge in [-0.1, -0.05) is 11.6 Å². The maximum Gasteiger partial charge on any atom is 0.122 e. The molecule has 18 heavy (non-hydrogen) atoms. The molecule has 0 saturated carbocycles. The van der Waals surface area contributed by atoms with E-state index in [-0.39, 0.29) is 0 Å². The Balaban J connectivity index is 1.92. The van der Waals surface area contributed by atoms with Gasteiger partial charge in [0.05, 0.1) is 0 Å². The minimum absolute atomic E-state index is 0.533. The summed E-state index contributed by atoms with van der Waals surface area (Å²) in [5, 5.41) is 10.4. The van der Waals surface area contributed by atoms with Crippen LogP contribution in [0.15, 0.2) is 16.6 Å². The molecular formula is C13H12BrClOS2. The molecule has 3 rings (SSSR count). The van der Waals surface area contributed by atoms with Crippen LogP contribution in [0, 0.1) is 0 Å². The van der Waals surface area contributed by atoms with Gasteiger partial charge in [0, 0.05) is 19.1 Å². The monoisotopic (exact) mass is 362 g/mol. The Bertz CT molecular complexity index is 533. The molecule has 5 heteroatoms. The molecule has 2 aromatic rings. The number of aliphatic hydroxyl groups is 1. The summed E-state index contributed by atoms with van der Waals surface area (Å²) >= 11 is 12.6. The van der Waals surface area contributed by atoms with Crippen LogP contribution in [0.3, 0.4) is 0 Å². The number of thiophene rings is 2. The quantitative estimate of drug-likeness (QED) is 0.779. The molecule has 0 spiro atoms. The number of aryl methyl sites for hydroxylation is 2. The van der Waals surface area contributed by atoms with Crippen LogP contribution in [0.4, 0.5) is 0 Å². The second-order valence-electron chi connectivity index (χ2n) is 4.48. The minimum Gasteiger partial charge on any atom is -0.382 e. The van der Waals surface area contributed by atoms with Crippen molar-refractivity contribution in [1.82, 2.24) is 0 Å². The molecule has 2 aromatic heterocycles. The molecule has 1 nitrogen and oxygen atoms in total. The summed E-state index contributed by atoms with van der Waals surface area (Å²) in [5.74, 6) is 0. The Morgan fingerprint density at radius 3 is 2.56 bits per heavy atom. The van der Waals surface area contributed by atoms with Crippen LogP contribution >= 0.6 is 50.2 Å². The van der Waals surface area contributed by atoms with Gasteiger partial charge in [0.15, 0.2) is 0 Å². The van der Waals surface area contributed by atoms with Crippen LogP contribution in [0.25, 0.3) is 0 Å². The summed E-state index contributed by atoms with van der Waals surface area (Å²) < 4.78 is 1.56. The van der Waals surface area contributed by atoms with Crippen LogP contribution in [0.5, 0.6) is 0 Å². The molecule has 1 atom stereocenters. The largest absolute Gasteiger partial charge is 0.382 e. The Labute approximate surface area is 128 Å². The van der Waals surface area contributed by atoms with E-state index in [2.05, 4.69) is 22.0 Å². The van der Waals surface area contributed by atoms with Gasteiger partial charge in [-0.15, -0.1) is 22.7 Å². The highest BCUT2D eigenvalue weighted by Crippen LogP contribution is 2.40. The van der Waals surface area contributed by atoms with Crippen molar-refractivity contribution in [2.75, 3.05) is 0 Å². The van der Waals surface area contributed by atoms with Gasteiger partial charge in [0.25, 0.3) is 0 Å². The molecule has 0 saturated heterocycles. The number of fused-ring (bicyclic) bond motifs is 1. The molecule has 1 aliphatic rings. The van der Waals surface area contributed by atoms with Crippen LogP contribution in [-0.2, 0) is 12.8 Å². The van der Waals surface area contributed by atoms with Gasteiger partial charge in [-0.2, -0.15) is 0 Å². The molecule has 0 fully saturated rings. The summed E-state index contributed by atoms with van der Waals surface area (Å²) in [5.41, 5.74) is 1.43. The second-order valence-corrected chi connectivity index (χ2v) is 8.19. The molecule has 1 unspecified atom stereocenters. The van der Waals surface area contributed by atoms with Crippen LogP contribution in [-0.4, -0.2) is 5.11 Å². The van der Waals surface area contributed by atoms with E-state index in [0.717, 1.165) is 20.6 Å². The number of rotatable bonds is 2. The molecule has 2 heterocycles. The van der Waals surface area contributed by atoms with Crippen LogP contribution in [0.2, 0.25) is 4.34 Å². The molecule has 0 aromatic carbocycles. The smallest absolute Gasteiger partial charge is 0.122 e. The number of aliphatic hydroxyl groups excluding tert-OH is 1. The normalized spacial score (nSPS) is 16.6. The topological polar surface area (TPSA) is 20.2 Å². The van der Waals surface area contributed by atoms with Crippen molar-refractivity contribution in [1.29, 1.82) is 0 Å². The third kappa shape index (κ3) is 2.41. The van der Waals surface area contributed by atoms with Gasteiger partial charge < -0.3 is 5.11 Å². The number of hydrogen-bond acceptors (Lipinski definition) is 3. The molecule has 0 bridgehead atoms. The SMILES string of the molecule is OC(c1cc(Br)c(Cl)s1)c1cc2c(s1)CCCC2. The molecular weight excluding hydrogens is 352 g/mol. The predicted octanol–water partition coefficient (Wildman–Crippen LogP) is 5.19. The van der Waals surface area contributed by atoms with Gasteiger partial charge in [-0.3, -0.25) is 0 Å². The lowest BCUT2D eigenvalue weighted by molar-refractivity contribution is 0.228. The lowest BCUT2D eigenvalue weighted by atomic mass is 9.99. The molecule has 0 aliphatic heterocycles. The summed E-state index contributed by atoms with van der Waals surface area (Å²) in [6, 6.07) is 4.09. The van der Waals surface area contributed by atoms with E-state index < -0.39 is 6.10 Å². The van der Waals surface area contributed by atoms with Crippen molar-refractivity contribution in [2.24, 2.45) is 0 Å². The summed E-state index contributed by atoms with van der Waals surface area (Å²) in [7, 11) is 0. The van der Waals surface area contributed by atoms with E-state index in [9.17, 15) is 5.11 Å². The van der Waals surface area contributed by atoms with Crippen molar-refractivity contribution >= 4 is 50.2 Å². The first-order valence-electron chi connectivity index (χ1n) is 5.89. The molecule has 1 N–H and O–H groups in total. The molecule has 0 amide bonds. The molecule has 0 radical (unpaired) electrons. The Morgan fingerprint density at radius 1 is 1.17 bits per heavy atom. The fraction of sp³-hybridized carbons (Fsp3) is 0.385. The van der Waals surface area contributed by atoms with E-state index >= 15 is 0 Å². The summed E-state index contributed by atoms with van der Waals surface area (Å²) in [6.07, 6.45) is 4.35. The minimum atomic E-state index is -0.533. The van der Waals surface area contributed by atoms with E-state index in [4.69, 9.17) is 11.6 Å². The van der Waals surface area contributed by atoms with E-state index in [1.807, 2.05) is 6.07 Å². The van der Waals surface area contributed by atoms with Crippen molar-refractivity contribution in [2.45, 2.75) is 31.8 Å². The number of halogens is 2. The van der Waals surface area contributed by atoms with Gasteiger partial charge in [-0.05, 0) is 59.3 Å². The Kier molecular flexibility index (Phi) is 3.83. The first-order chi connectivity index (χ1) is 8.65. The fourth-order valence-corrected chi connectivity index (χ4v) is 5.37.